The molecule has 4 nitrogen and oxygen atoms in total. The number of aromatic amines is 1. The Kier molecular flexibility index (Phi) is 4.04. The predicted octanol–water partition coefficient (Wildman–Crippen LogP) is 3.33. The molecule has 0 fully saturated rings. The maximum absolute atomic E-state index is 11.7. The van der Waals surface area contributed by atoms with Gasteiger partial charge in [0.25, 0.3) is 5.56 Å². The lowest BCUT2D eigenvalue weighted by atomic mass is 10.1. The summed E-state index contributed by atoms with van der Waals surface area (Å²) in [7, 11) is 1.59. The number of nitrogens with one attached hydrogen (secondary N) is 1. The van der Waals surface area contributed by atoms with Crippen molar-refractivity contribution < 1.29 is 4.74 Å². The summed E-state index contributed by atoms with van der Waals surface area (Å²) in [6, 6.07) is 7.12. The average molecular weight is 323 g/mol. The van der Waals surface area contributed by atoms with E-state index in [1.807, 2.05) is 32.0 Å². The van der Waals surface area contributed by atoms with E-state index in [9.17, 15) is 4.79 Å². The van der Waals surface area contributed by atoms with Gasteiger partial charge in [0.05, 0.1) is 18.4 Å². The summed E-state index contributed by atoms with van der Waals surface area (Å²) in [5.41, 5.74) is 1.37. The molecule has 5 heteroatoms. The lowest BCUT2D eigenvalue weighted by molar-refractivity contribution is 0.416. The number of ether oxygens (including phenoxy) is 1. The lowest BCUT2D eigenvalue weighted by Crippen LogP contribution is -2.11. The highest BCUT2D eigenvalue weighted by atomic mass is 79.9. The molecule has 1 aromatic heterocycles. The third-order valence-corrected chi connectivity index (χ3v) is 3.26. The van der Waals surface area contributed by atoms with E-state index in [0.29, 0.717) is 11.6 Å². The van der Waals surface area contributed by atoms with Gasteiger partial charge in [-0.05, 0) is 24.1 Å². The van der Waals surface area contributed by atoms with Crippen molar-refractivity contribution in [3.63, 3.8) is 0 Å². The molecule has 1 aromatic carbocycles. The molecule has 0 aliphatic carbocycles. The first kappa shape index (κ1) is 13.8. The fraction of sp³-hybridized carbons (Fsp3) is 0.286. The van der Waals surface area contributed by atoms with Gasteiger partial charge in [-0.1, -0.05) is 29.8 Å². The van der Waals surface area contributed by atoms with E-state index >= 15 is 0 Å². The van der Waals surface area contributed by atoms with Crippen molar-refractivity contribution in [1.82, 2.24) is 9.97 Å². The van der Waals surface area contributed by atoms with Crippen molar-refractivity contribution in [3.05, 3.63) is 44.8 Å². The van der Waals surface area contributed by atoms with Crippen LogP contribution in [0, 0.1) is 0 Å². The quantitative estimate of drug-likeness (QED) is 0.943. The van der Waals surface area contributed by atoms with Crippen LogP contribution in [0.5, 0.6) is 5.75 Å². The molecule has 2 aromatic rings. The zero-order chi connectivity index (χ0) is 14.0. The number of methoxy groups -OCH3 is 1. The first-order valence-electron chi connectivity index (χ1n) is 5.96. The third-order valence-electron chi connectivity index (χ3n) is 2.77. The molecule has 0 unspecified atom stereocenters. The van der Waals surface area contributed by atoms with Gasteiger partial charge in [0.15, 0.2) is 0 Å². The minimum atomic E-state index is -0.157. The molecule has 0 aliphatic heterocycles. The summed E-state index contributed by atoms with van der Waals surface area (Å²) in [4.78, 5) is 19.0. The topological polar surface area (TPSA) is 55.0 Å². The summed E-state index contributed by atoms with van der Waals surface area (Å²) in [6.45, 7) is 4.01. The molecular weight excluding hydrogens is 308 g/mol. The van der Waals surface area contributed by atoms with E-state index < -0.39 is 0 Å². The van der Waals surface area contributed by atoms with E-state index in [0.717, 1.165) is 15.7 Å². The van der Waals surface area contributed by atoms with Crippen LogP contribution in [0.2, 0.25) is 0 Å². The standard InChI is InChI=1S/C14H15BrN2O2/c1-8(2)11-7-13(18)17-14(16-11)10-6-9(15)4-5-12(10)19-3/h4-8H,1-3H3,(H,16,17,18). The molecule has 0 saturated heterocycles. The Labute approximate surface area is 120 Å². The zero-order valence-electron chi connectivity index (χ0n) is 11.0. The Balaban J connectivity index is 2.64. The first-order valence-corrected chi connectivity index (χ1v) is 6.75. The highest BCUT2D eigenvalue weighted by Crippen LogP contribution is 2.30. The summed E-state index contributed by atoms with van der Waals surface area (Å²) in [6.07, 6.45) is 0. The van der Waals surface area contributed by atoms with Crippen molar-refractivity contribution in [2.75, 3.05) is 7.11 Å². The molecule has 19 heavy (non-hydrogen) atoms. The van der Waals surface area contributed by atoms with E-state index in [-0.39, 0.29) is 11.5 Å². The Morgan fingerprint density at radius 3 is 2.68 bits per heavy atom. The molecule has 0 radical (unpaired) electrons. The summed E-state index contributed by atoms with van der Waals surface area (Å²) < 4.78 is 6.22. The highest BCUT2D eigenvalue weighted by molar-refractivity contribution is 9.10. The van der Waals surface area contributed by atoms with Crippen molar-refractivity contribution in [2.45, 2.75) is 19.8 Å². The monoisotopic (exact) mass is 322 g/mol. The summed E-state index contributed by atoms with van der Waals surface area (Å²) in [5, 5.41) is 0. The van der Waals surface area contributed by atoms with E-state index in [2.05, 4.69) is 25.9 Å². The van der Waals surface area contributed by atoms with Crippen LogP contribution in [0.3, 0.4) is 0 Å². The van der Waals surface area contributed by atoms with Crippen molar-refractivity contribution in [3.8, 4) is 17.1 Å². The number of H-pyrrole nitrogens is 1. The smallest absolute Gasteiger partial charge is 0.251 e. The SMILES string of the molecule is COc1ccc(Br)cc1-c1nc(C(C)C)cc(=O)[nH]1. The predicted molar refractivity (Wildman–Crippen MR) is 78.6 cm³/mol. The van der Waals surface area contributed by atoms with Gasteiger partial charge in [-0.3, -0.25) is 4.79 Å². The number of nitrogens with zero attached hydrogens (tertiary/aromatic N) is 1. The molecule has 100 valence electrons. The van der Waals surface area contributed by atoms with Crippen LogP contribution in [-0.4, -0.2) is 17.1 Å². The van der Waals surface area contributed by atoms with E-state index in [4.69, 9.17) is 4.74 Å². The number of aromatic nitrogens is 2. The normalized spacial score (nSPS) is 10.8. The average Bonchev–Trinajstić information content (AvgIpc) is 2.37. The molecule has 0 aliphatic rings. The molecule has 0 saturated carbocycles. The van der Waals surface area contributed by atoms with Crippen LogP contribution in [0.4, 0.5) is 0 Å². The minimum absolute atomic E-state index is 0.157. The first-order chi connectivity index (χ1) is 9.01. The van der Waals surface area contributed by atoms with Crippen molar-refractivity contribution >= 4 is 15.9 Å². The van der Waals surface area contributed by atoms with Gasteiger partial charge < -0.3 is 9.72 Å². The number of benzene rings is 1. The van der Waals surface area contributed by atoms with Gasteiger partial charge in [-0.25, -0.2) is 4.98 Å². The fourth-order valence-electron chi connectivity index (χ4n) is 1.77. The van der Waals surface area contributed by atoms with Gasteiger partial charge in [-0.2, -0.15) is 0 Å². The minimum Gasteiger partial charge on any atom is -0.496 e. The fourth-order valence-corrected chi connectivity index (χ4v) is 2.13. The highest BCUT2D eigenvalue weighted by Gasteiger charge is 2.11. The van der Waals surface area contributed by atoms with Crippen LogP contribution in [0.1, 0.15) is 25.5 Å². The molecule has 0 spiro atoms. The maximum atomic E-state index is 11.7. The van der Waals surface area contributed by atoms with Gasteiger partial charge >= 0.3 is 0 Å². The molecule has 0 bridgehead atoms. The Bertz CT molecular complexity index is 650. The van der Waals surface area contributed by atoms with Crippen LogP contribution >= 0.6 is 15.9 Å². The van der Waals surface area contributed by atoms with Gasteiger partial charge in [0.2, 0.25) is 0 Å². The Morgan fingerprint density at radius 1 is 1.32 bits per heavy atom. The van der Waals surface area contributed by atoms with E-state index in [1.165, 1.54) is 6.07 Å². The molecule has 0 amide bonds. The number of rotatable bonds is 3. The van der Waals surface area contributed by atoms with E-state index in [1.54, 1.807) is 7.11 Å². The molecule has 1 heterocycles. The molecule has 1 N–H and O–H groups in total. The number of hydrogen-bond donors (Lipinski definition) is 1. The third kappa shape index (κ3) is 3.04. The Hall–Kier alpha value is -1.62. The van der Waals surface area contributed by atoms with Crippen LogP contribution in [-0.2, 0) is 0 Å². The Morgan fingerprint density at radius 2 is 2.05 bits per heavy atom. The number of hydrogen-bond acceptors (Lipinski definition) is 3. The van der Waals surface area contributed by atoms with Crippen LogP contribution in [0.25, 0.3) is 11.4 Å². The summed E-state index contributed by atoms with van der Waals surface area (Å²) in [5.74, 6) is 1.39. The van der Waals surface area contributed by atoms with Gasteiger partial charge in [0, 0.05) is 10.5 Å². The van der Waals surface area contributed by atoms with Crippen molar-refractivity contribution in [2.24, 2.45) is 0 Å². The second-order valence-corrected chi connectivity index (χ2v) is 5.43. The number of halogens is 1. The molecular formula is C14H15BrN2O2. The molecule has 2 rings (SSSR count). The van der Waals surface area contributed by atoms with Crippen LogP contribution in [0.15, 0.2) is 33.5 Å². The van der Waals surface area contributed by atoms with Gasteiger partial charge in [-0.15, -0.1) is 0 Å². The van der Waals surface area contributed by atoms with Gasteiger partial charge in [0.1, 0.15) is 11.6 Å². The lowest BCUT2D eigenvalue weighted by Gasteiger charge is -2.10. The summed E-state index contributed by atoms with van der Waals surface area (Å²) >= 11 is 3.41. The zero-order valence-corrected chi connectivity index (χ0v) is 12.6. The second-order valence-electron chi connectivity index (χ2n) is 4.52. The molecule has 0 atom stereocenters. The second kappa shape index (κ2) is 5.57. The largest absolute Gasteiger partial charge is 0.496 e. The van der Waals surface area contributed by atoms with Crippen LogP contribution < -0.4 is 10.3 Å². The van der Waals surface area contributed by atoms with Crippen molar-refractivity contribution in [1.29, 1.82) is 0 Å². The maximum Gasteiger partial charge on any atom is 0.251 e.